The van der Waals surface area contributed by atoms with Crippen LogP contribution in [0, 0.1) is 0 Å². The quantitative estimate of drug-likeness (QED) is 0.641. The lowest BCUT2D eigenvalue weighted by Gasteiger charge is -2.05. The first kappa shape index (κ1) is 10.8. The molecule has 92 valence electrons. The number of aromatic nitrogens is 3. The average molecular weight is 244 g/mol. The summed E-state index contributed by atoms with van der Waals surface area (Å²) in [7, 11) is 0. The highest BCUT2D eigenvalue weighted by atomic mass is 16.5. The number of hydrogen-bond acceptors (Lipinski definition) is 4. The number of benzene rings is 1. The van der Waals surface area contributed by atoms with Gasteiger partial charge in [0.1, 0.15) is 0 Å². The zero-order valence-electron chi connectivity index (χ0n) is 9.51. The summed E-state index contributed by atoms with van der Waals surface area (Å²) >= 11 is 0. The van der Waals surface area contributed by atoms with Crippen molar-refractivity contribution in [2.24, 2.45) is 5.73 Å². The minimum absolute atomic E-state index is 0.227. The zero-order chi connectivity index (χ0) is 12.5. The van der Waals surface area contributed by atoms with Crippen LogP contribution in [0.3, 0.4) is 0 Å². The predicted octanol–water partition coefficient (Wildman–Crippen LogP) is 1.09. The van der Waals surface area contributed by atoms with E-state index in [9.17, 15) is 4.79 Å². The van der Waals surface area contributed by atoms with Crippen molar-refractivity contribution in [2.45, 2.75) is 12.5 Å². The van der Waals surface area contributed by atoms with Gasteiger partial charge in [-0.2, -0.15) is 10.1 Å². The van der Waals surface area contributed by atoms with Crippen LogP contribution in [0.4, 0.5) is 0 Å². The molecule has 0 fully saturated rings. The Morgan fingerprint density at radius 1 is 1.39 bits per heavy atom. The van der Waals surface area contributed by atoms with E-state index in [1.54, 1.807) is 0 Å². The summed E-state index contributed by atoms with van der Waals surface area (Å²) < 4.78 is 4.90. The van der Waals surface area contributed by atoms with Crippen molar-refractivity contribution in [2.75, 3.05) is 0 Å². The third-order valence-electron chi connectivity index (χ3n) is 2.89. The molecule has 6 nitrogen and oxygen atoms in total. The number of hydrogen-bond donors (Lipinski definition) is 3. The Labute approximate surface area is 102 Å². The Morgan fingerprint density at radius 2 is 2.22 bits per heavy atom. The van der Waals surface area contributed by atoms with E-state index in [4.69, 9.17) is 10.3 Å². The lowest BCUT2D eigenvalue weighted by molar-refractivity contribution is 0.351. The molecule has 0 aliphatic carbocycles. The van der Waals surface area contributed by atoms with E-state index >= 15 is 0 Å². The number of rotatable bonds is 3. The van der Waals surface area contributed by atoms with Crippen molar-refractivity contribution >= 4 is 10.9 Å². The first-order valence-electron chi connectivity index (χ1n) is 5.60. The van der Waals surface area contributed by atoms with Crippen LogP contribution in [0.25, 0.3) is 10.9 Å². The van der Waals surface area contributed by atoms with Crippen molar-refractivity contribution in [1.82, 2.24) is 15.1 Å². The molecule has 0 bridgehead atoms. The van der Waals surface area contributed by atoms with Crippen molar-refractivity contribution in [3.05, 3.63) is 52.4 Å². The maximum Gasteiger partial charge on any atom is 0.377 e. The highest BCUT2D eigenvalue weighted by Crippen LogP contribution is 2.21. The number of nitrogens with zero attached hydrogens (tertiary/aromatic N) is 1. The van der Waals surface area contributed by atoms with Gasteiger partial charge in [0, 0.05) is 17.1 Å². The topological polar surface area (TPSA) is 101 Å². The Hall–Kier alpha value is -2.34. The summed E-state index contributed by atoms with van der Waals surface area (Å²) in [6.07, 6.45) is 2.47. The van der Waals surface area contributed by atoms with Gasteiger partial charge in [0.05, 0.1) is 6.04 Å². The molecule has 0 unspecified atom stereocenters. The molecular weight excluding hydrogens is 232 g/mol. The fourth-order valence-electron chi connectivity index (χ4n) is 2.02. The first-order valence-corrected chi connectivity index (χ1v) is 5.60. The molecule has 1 aromatic carbocycles. The van der Waals surface area contributed by atoms with Crippen LogP contribution in [0.1, 0.15) is 17.5 Å². The highest BCUT2D eigenvalue weighted by molar-refractivity contribution is 5.83. The van der Waals surface area contributed by atoms with Crippen LogP contribution in [-0.4, -0.2) is 15.1 Å². The molecule has 6 heteroatoms. The molecule has 0 spiro atoms. The second kappa shape index (κ2) is 4.15. The van der Waals surface area contributed by atoms with Gasteiger partial charge in [-0.1, -0.05) is 18.2 Å². The molecule has 18 heavy (non-hydrogen) atoms. The predicted molar refractivity (Wildman–Crippen MR) is 66.1 cm³/mol. The van der Waals surface area contributed by atoms with Crippen LogP contribution < -0.4 is 11.4 Å². The molecule has 0 aliphatic heterocycles. The Morgan fingerprint density at radius 3 is 3.00 bits per heavy atom. The van der Waals surface area contributed by atoms with Gasteiger partial charge in [-0.15, -0.1) is 0 Å². The Kier molecular flexibility index (Phi) is 2.49. The summed E-state index contributed by atoms with van der Waals surface area (Å²) in [5.74, 6) is 0.227. The van der Waals surface area contributed by atoms with Gasteiger partial charge in [-0.05, 0) is 18.1 Å². The number of H-pyrrole nitrogens is 2. The fraction of sp³-hybridized carbons (Fsp3) is 0.167. The lowest BCUT2D eigenvalue weighted by Crippen LogP contribution is -2.15. The van der Waals surface area contributed by atoms with Crippen molar-refractivity contribution in [1.29, 1.82) is 0 Å². The normalized spacial score (nSPS) is 12.9. The smallest absolute Gasteiger partial charge is 0.361 e. The average Bonchev–Trinajstić information content (AvgIpc) is 2.97. The summed E-state index contributed by atoms with van der Waals surface area (Å²) in [5, 5.41) is 3.25. The second-order valence-corrected chi connectivity index (χ2v) is 4.13. The maximum atomic E-state index is 10.9. The minimum Gasteiger partial charge on any atom is -0.361 e. The van der Waals surface area contributed by atoms with Gasteiger partial charge in [0.25, 0.3) is 0 Å². The molecule has 0 saturated heterocycles. The summed E-state index contributed by atoms with van der Waals surface area (Å²) in [6, 6.07) is 7.52. The van der Waals surface area contributed by atoms with Crippen LogP contribution in [0.15, 0.2) is 39.8 Å². The second-order valence-electron chi connectivity index (χ2n) is 4.13. The van der Waals surface area contributed by atoms with E-state index in [0.29, 0.717) is 6.42 Å². The standard InChI is InChI=1S/C12H12N4O2/c13-9(11-15-12(17)16-18-11)5-7-6-14-10-4-2-1-3-8(7)10/h1-4,6,9,14H,5,13H2,(H,16,17)/t9-/m0/s1. The SMILES string of the molecule is N[C@@H](Cc1c[nH]c2ccccc12)c1nc(=O)[nH]o1. The molecule has 0 saturated carbocycles. The number of fused-ring (bicyclic) bond motifs is 1. The van der Waals surface area contributed by atoms with Crippen LogP contribution >= 0.6 is 0 Å². The maximum absolute atomic E-state index is 10.9. The third-order valence-corrected chi connectivity index (χ3v) is 2.89. The van der Waals surface area contributed by atoms with Crippen LogP contribution in [0.2, 0.25) is 0 Å². The number of aromatic amines is 2. The fourth-order valence-corrected chi connectivity index (χ4v) is 2.02. The Balaban J connectivity index is 1.90. The molecule has 3 aromatic rings. The van der Waals surface area contributed by atoms with E-state index in [2.05, 4.69) is 15.1 Å². The van der Waals surface area contributed by atoms with Gasteiger partial charge >= 0.3 is 5.69 Å². The molecule has 3 rings (SSSR count). The van der Waals surface area contributed by atoms with Crippen molar-refractivity contribution in [3.63, 3.8) is 0 Å². The summed E-state index contributed by atoms with van der Waals surface area (Å²) in [6.45, 7) is 0. The Bertz CT molecular complexity index is 725. The number of nitrogens with one attached hydrogen (secondary N) is 2. The van der Waals surface area contributed by atoms with Crippen molar-refractivity contribution < 1.29 is 4.52 Å². The number of para-hydroxylation sites is 1. The van der Waals surface area contributed by atoms with E-state index in [1.807, 2.05) is 30.5 Å². The minimum atomic E-state index is -0.514. The van der Waals surface area contributed by atoms with Crippen molar-refractivity contribution in [3.8, 4) is 0 Å². The van der Waals surface area contributed by atoms with E-state index in [0.717, 1.165) is 16.5 Å². The monoisotopic (exact) mass is 244 g/mol. The zero-order valence-corrected chi connectivity index (χ0v) is 9.51. The van der Waals surface area contributed by atoms with E-state index in [1.165, 1.54) is 0 Å². The molecule has 0 radical (unpaired) electrons. The molecule has 2 heterocycles. The van der Waals surface area contributed by atoms with Crippen LogP contribution in [-0.2, 0) is 6.42 Å². The number of nitrogens with two attached hydrogens (primary N) is 1. The van der Waals surface area contributed by atoms with E-state index in [-0.39, 0.29) is 5.89 Å². The highest BCUT2D eigenvalue weighted by Gasteiger charge is 2.15. The van der Waals surface area contributed by atoms with Gasteiger partial charge in [0.2, 0.25) is 5.89 Å². The molecule has 1 atom stereocenters. The molecule has 2 aromatic heterocycles. The van der Waals surface area contributed by atoms with E-state index < -0.39 is 11.7 Å². The van der Waals surface area contributed by atoms with Gasteiger partial charge in [0.15, 0.2) is 0 Å². The summed E-state index contributed by atoms with van der Waals surface area (Å²) in [5.41, 5.74) is 7.58. The molecular formula is C12H12N4O2. The van der Waals surface area contributed by atoms with Gasteiger partial charge < -0.3 is 15.2 Å². The third kappa shape index (κ3) is 1.82. The molecule has 4 N–H and O–H groups in total. The van der Waals surface area contributed by atoms with Crippen LogP contribution in [0.5, 0.6) is 0 Å². The van der Waals surface area contributed by atoms with Gasteiger partial charge in [-0.3, -0.25) is 0 Å². The largest absolute Gasteiger partial charge is 0.377 e. The molecule has 0 aliphatic rings. The summed E-state index contributed by atoms with van der Waals surface area (Å²) in [4.78, 5) is 17.7. The lowest BCUT2D eigenvalue weighted by atomic mass is 10.1. The van der Waals surface area contributed by atoms with Gasteiger partial charge in [-0.25, -0.2) is 4.79 Å². The molecule has 0 amide bonds. The first-order chi connectivity index (χ1) is 8.74.